The average Bonchev–Trinajstić information content (AvgIpc) is 1.84. The van der Waals surface area contributed by atoms with Crippen LogP contribution in [0.1, 0.15) is 33.6 Å². The zero-order chi connectivity index (χ0) is 9.72. The molecule has 1 unspecified atom stereocenters. The van der Waals surface area contributed by atoms with Crippen LogP contribution in [-0.4, -0.2) is 16.9 Å². The van der Waals surface area contributed by atoms with Crippen molar-refractivity contribution in [1.82, 2.24) is 0 Å². The Kier molecular flexibility index (Phi) is 4.55. The van der Waals surface area contributed by atoms with E-state index in [1.54, 1.807) is 0 Å². The van der Waals surface area contributed by atoms with E-state index in [2.05, 4.69) is 0 Å². The normalized spacial score (nSPS) is 13.0. The Balaban J connectivity index is 3.97. The van der Waals surface area contributed by atoms with Crippen LogP contribution in [0.5, 0.6) is 0 Å². The molecular weight excluding hydrogens is 156 g/mol. The molecule has 0 heterocycles. The summed E-state index contributed by atoms with van der Waals surface area (Å²) in [7, 11) is 0. The largest absolute Gasteiger partial charge is 0.481 e. The first-order chi connectivity index (χ1) is 5.45. The quantitative estimate of drug-likeness (QED) is 0.642. The second-order valence-corrected chi connectivity index (χ2v) is 3.47. The third-order valence-corrected chi connectivity index (χ3v) is 1.82. The number of carbonyl (C=O) groups is 2. The number of hydrogen-bond acceptors (Lipinski definition) is 2. The van der Waals surface area contributed by atoms with Gasteiger partial charge in [0.25, 0.3) is 0 Å². The summed E-state index contributed by atoms with van der Waals surface area (Å²) in [5, 5.41) is 8.64. The smallest absolute Gasteiger partial charge is 0.314 e. The van der Waals surface area contributed by atoms with Crippen LogP contribution in [-0.2, 0) is 9.59 Å². The van der Waals surface area contributed by atoms with Gasteiger partial charge in [0, 0.05) is 0 Å². The summed E-state index contributed by atoms with van der Waals surface area (Å²) in [5.41, 5.74) is 0. The lowest BCUT2D eigenvalue weighted by atomic mass is 9.95. The van der Waals surface area contributed by atoms with Gasteiger partial charge < -0.3 is 5.11 Å². The number of carbonyl (C=O) groups excluding carboxylic acids is 1. The van der Waals surface area contributed by atoms with Crippen molar-refractivity contribution in [1.29, 1.82) is 0 Å². The predicted molar refractivity (Wildman–Crippen MR) is 45.9 cm³/mol. The maximum atomic E-state index is 10.8. The minimum absolute atomic E-state index is 0.247. The fourth-order valence-electron chi connectivity index (χ4n) is 1.00. The molecule has 0 saturated carbocycles. The van der Waals surface area contributed by atoms with E-state index in [-0.39, 0.29) is 5.78 Å². The topological polar surface area (TPSA) is 54.4 Å². The molecule has 3 heteroatoms. The average molecular weight is 172 g/mol. The lowest BCUT2D eigenvalue weighted by molar-refractivity contribution is -0.146. The Morgan fingerprint density at radius 1 is 1.25 bits per heavy atom. The van der Waals surface area contributed by atoms with Gasteiger partial charge in [-0.1, -0.05) is 13.8 Å². The van der Waals surface area contributed by atoms with Gasteiger partial charge in [-0.3, -0.25) is 9.59 Å². The number of rotatable bonds is 5. The molecule has 0 amide bonds. The van der Waals surface area contributed by atoms with Crippen molar-refractivity contribution in [2.75, 3.05) is 0 Å². The molecule has 70 valence electrons. The molecule has 0 radical (unpaired) electrons. The number of hydrogen-bond donors (Lipinski definition) is 1. The SMILES string of the molecule is CC(=O)C(CCC(C)C)C(=O)O. The van der Waals surface area contributed by atoms with Gasteiger partial charge in [-0.25, -0.2) is 0 Å². The van der Waals surface area contributed by atoms with E-state index in [0.29, 0.717) is 12.3 Å². The molecule has 0 spiro atoms. The number of carboxylic acids is 1. The molecule has 0 saturated heterocycles. The maximum absolute atomic E-state index is 10.8. The third-order valence-electron chi connectivity index (χ3n) is 1.82. The summed E-state index contributed by atoms with van der Waals surface area (Å²) in [4.78, 5) is 21.3. The first-order valence-corrected chi connectivity index (χ1v) is 4.18. The van der Waals surface area contributed by atoms with Gasteiger partial charge in [-0.2, -0.15) is 0 Å². The van der Waals surface area contributed by atoms with E-state index >= 15 is 0 Å². The molecule has 1 atom stereocenters. The third kappa shape index (κ3) is 4.11. The fraction of sp³-hybridized carbons (Fsp3) is 0.778. The molecule has 0 aromatic heterocycles. The van der Waals surface area contributed by atoms with E-state index in [0.717, 1.165) is 6.42 Å². The Bertz CT molecular complexity index is 159. The monoisotopic (exact) mass is 172 g/mol. The zero-order valence-electron chi connectivity index (χ0n) is 7.83. The van der Waals surface area contributed by atoms with Crippen LogP contribution in [0.2, 0.25) is 0 Å². The van der Waals surface area contributed by atoms with Crippen molar-refractivity contribution >= 4 is 11.8 Å². The molecule has 0 aromatic carbocycles. The van der Waals surface area contributed by atoms with Gasteiger partial charge in [-0.05, 0) is 25.7 Å². The standard InChI is InChI=1S/C9H16O3/c1-6(2)4-5-8(7(3)10)9(11)12/h6,8H,4-5H2,1-3H3,(H,11,12). The minimum atomic E-state index is -0.997. The van der Waals surface area contributed by atoms with Crippen LogP contribution < -0.4 is 0 Å². The Morgan fingerprint density at radius 3 is 2.00 bits per heavy atom. The van der Waals surface area contributed by atoms with Gasteiger partial charge >= 0.3 is 5.97 Å². The molecule has 0 aliphatic heterocycles. The highest BCUT2D eigenvalue weighted by Crippen LogP contribution is 2.13. The molecule has 0 rings (SSSR count). The highest BCUT2D eigenvalue weighted by molar-refractivity contribution is 5.96. The van der Waals surface area contributed by atoms with Gasteiger partial charge in [0.15, 0.2) is 0 Å². The van der Waals surface area contributed by atoms with Gasteiger partial charge in [0.2, 0.25) is 0 Å². The molecular formula is C9H16O3. The van der Waals surface area contributed by atoms with Crippen molar-refractivity contribution in [3.8, 4) is 0 Å². The Labute approximate surface area is 72.8 Å². The zero-order valence-corrected chi connectivity index (χ0v) is 7.83. The van der Waals surface area contributed by atoms with Crippen molar-refractivity contribution in [2.45, 2.75) is 33.6 Å². The molecule has 0 bridgehead atoms. The number of ketones is 1. The lowest BCUT2D eigenvalue weighted by Gasteiger charge is -2.09. The highest BCUT2D eigenvalue weighted by atomic mass is 16.4. The lowest BCUT2D eigenvalue weighted by Crippen LogP contribution is -2.21. The van der Waals surface area contributed by atoms with E-state index < -0.39 is 11.9 Å². The number of aliphatic carboxylic acids is 1. The number of carboxylic acid groups (broad SMARTS) is 1. The first-order valence-electron chi connectivity index (χ1n) is 4.18. The van der Waals surface area contributed by atoms with Crippen LogP contribution in [0, 0.1) is 11.8 Å². The van der Waals surface area contributed by atoms with Gasteiger partial charge in [0.05, 0.1) is 0 Å². The molecule has 3 nitrogen and oxygen atoms in total. The van der Waals surface area contributed by atoms with Crippen molar-refractivity contribution in [3.05, 3.63) is 0 Å². The van der Waals surface area contributed by atoms with Crippen molar-refractivity contribution < 1.29 is 14.7 Å². The van der Waals surface area contributed by atoms with Crippen LogP contribution in [0.15, 0.2) is 0 Å². The second-order valence-electron chi connectivity index (χ2n) is 3.47. The molecule has 12 heavy (non-hydrogen) atoms. The van der Waals surface area contributed by atoms with Gasteiger partial charge in [0.1, 0.15) is 11.7 Å². The highest BCUT2D eigenvalue weighted by Gasteiger charge is 2.21. The summed E-state index contributed by atoms with van der Waals surface area (Å²) in [6, 6.07) is 0. The van der Waals surface area contributed by atoms with E-state index in [1.807, 2.05) is 13.8 Å². The van der Waals surface area contributed by atoms with E-state index in [9.17, 15) is 9.59 Å². The summed E-state index contributed by atoms with van der Waals surface area (Å²) >= 11 is 0. The van der Waals surface area contributed by atoms with E-state index in [1.165, 1.54) is 6.92 Å². The van der Waals surface area contributed by atoms with Crippen molar-refractivity contribution in [2.24, 2.45) is 11.8 Å². The second kappa shape index (κ2) is 4.91. The summed E-state index contributed by atoms with van der Waals surface area (Å²) in [5.74, 6) is -1.59. The Hall–Kier alpha value is -0.860. The predicted octanol–water partition coefficient (Wildman–Crippen LogP) is 1.71. The molecule has 0 fully saturated rings. The summed E-state index contributed by atoms with van der Waals surface area (Å²) < 4.78 is 0. The first kappa shape index (κ1) is 11.1. The van der Waals surface area contributed by atoms with Crippen LogP contribution in [0.3, 0.4) is 0 Å². The van der Waals surface area contributed by atoms with Crippen LogP contribution in [0.4, 0.5) is 0 Å². The van der Waals surface area contributed by atoms with E-state index in [4.69, 9.17) is 5.11 Å². The number of Topliss-reactive ketones (excluding diaryl/α,β-unsaturated/α-hetero) is 1. The van der Waals surface area contributed by atoms with Crippen molar-refractivity contribution in [3.63, 3.8) is 0 Å². The summed E-state index contributed by atoms with van der Waals surface area (Å²) in [6.45, 7) is 5.36. The van der Waals surface area contributed by atoms with Gasteiger partial charge in [-0.15, -0.1) is 0 Å². The Morgan fingerprint density at radius 2 is 1.75 bits per heavy atom. The summed E-state index contributed by atoms with van der Waals surface area (Å²) in [6.07, 6.45) is 1.25. The molecule has 1 N–H and O–H groups in total. The fourth-order valence-corrected chi connectivity index (χ4v) is 1.00. The van der Waals surface area contributed by atoms with Crippen LogP contribution >= 0.6 is 0 Å². The van der Waals surface area contributed by atoms with Crippen LogP contribution in [0.25, 0.3) is 0 Å². The molecule has 0 aromatic rings. The maximum Gasteiger partial charge on any atom is 0.314 e. The molecule has 0 aliphatic rings. The minimum Gasteiger partial charge on any atom is -0.481 e. The molecule has 0 aliphatic carbocycles.